The van der Waals surface area contributed by atoms with E-state index in [4.69, 9.17) is 9.47 Å². The van der Waals surface area contributed by atoms with Gasteiger partial charge in [-0.2, -0.15) is 0 Å². The minimum atomic E-state index is -0.375. The number of hydrogen-bond acceptors (Lipinski definition) is 5. The average molecular weight is 333 g/mol. The smallest absolute Gasteiger partial charge is 0.265 e. The van der Waals surface area contributed by atoms with Crippen LogP contribution in [-0.2, 0) is 14.3 Å². The van der Waals surface area contributed by atoms with E-state index in [1.54, 1.807) is 17.0 Å². The number of carbonyl (C=O) groups is 2. The number of amides is 2. The Morgan fingerprint density at radius 1 is 1.42 bits per heavy atom. The topological polar surface area (TPSA) is 71.1 Å². The third-order valence-electron chi connectivity index (χ3n) is 4.16. The molecule has 2 amide bonds. The molecule has 0 saturated carbocycles. The molecule has 1 aromatic rings. The predicted octanol–water partition coefficient (Wildman–Crippen LogP) is 1.09. The van der Waals surface area contributed by atoms with Crippen molar-refractivity contribution >= 4 is 23.2 Å². The van der Waals surface area contributed by atoms with E-state index < -0.39 is 0 Å². The lowest BCUT2D eigenvalue weighted by molar-refractivity contribution is -0.124. The normalized spacial score (nSPS) is 20.0. The van der Waals surface area contributed by atoms with Crippen molar-refractivity contribution in [1.82, 2.24) is 4.90 Å². The van der Waals surface area contributed by atoms with Gasteiger partial charge in [0.25, 0.3) is 11.8 Å². The fraction of sp³-hybridized carbons (Fsp3) is 0.529. The lowest BCUT2D eigenvalue weighted by Crippen LogP contribution is -2.42. The maximum Gasteiger partial charge on any atom is 0.265 e. The van der Waals surface area contributed by atoms with Gasteiger partial charge in [0, 0.05) is 31.5 Å². The second-order valence-corrected chi connectivity index (χ2v) is 6.31. The van der Waals surface area contributed by atoms with Gasteiger partial charge in [0.15, 0.2) is 6.61 Å². The standard InChI is InChI=1S/C17H23N3O4/c1-19(2)7-8-20-13-6-5-12(10-15(13)24-11-16(20)21)18-17(22)14-4-3-9-23-14/h5-6,10,14H,3-4,7-9,11H2,1-2H3,(H,18,22). The summed E-state index contributed by atoms with van der Waals surface area (Å²) < 4.78 is 10.9. The van der Waals surface area contributed by atoms with Crippen LogP contribution < -0.4 is 15.0 Å². The molecule has 1 atom stereocenters. The molecule has 1 saturated heterocycles. The van der Waals surface area contributed by atoms with Crippen LogP contribution in [0.4, 0.5) is 11.4 Å². The number of nitrogens with zero attached hydrogens (tertiary/aromatic N) is 2. The molecular formula is C17H23N3O4. The zero-order valence-corrected chi connectivity index (χ0v) is 14.1. The number of likely N-dealkylation sites (N-methyl/N-ethyl adjacent to an activating group) is 1. The van der Waals surface area contributed by atoms with Crippen molar-refractivity contribution in [3.8, 4) is 5.75 Å². The SMILES string of the molecule is CN(C)CCN1C(=O)COc2cc(NC(=O)C3CCCO3)ccc21. The molecular weight excluding hydrogens is 310 g/mol. The van der Waals surface area contributed by atoms with Crippen LogP contribution in [0.5, 0.6) is 5.75 Å². The summed E-state index contributed by atoms with van der Waals surface area (Å²) in [4.78, 5) is 28.0. The Hall–Kier alpha value is -2.12. The van der Waals surface area contributed by atoms with Gasteiger partial charge in [0.2, 0.25) is 0 Å². The van der Waals surface area contributed by atoms with Crippen LogP contribution in [0.15, 0.2) is 18.2 Å². The maximum atomic E-state index is 12.1. The molecule has 2 heterocycles. The van der Waals surface area contributed by atoms with Crippen LogP contribution >= 0.6 is 0 Å². The highest BCUT2D eigenvalue weighted by Crippen LogP contribution is 2.34. The van der Waals surface area contributed by atoms with Gasteiger partial charge in [-0.25, -0.2) is 0 Å². The summed E-state index contributed by atoms with van der Waals surface area (Å²) in [6.45, 7) is 2.02. The van der Waals surface area contributed by atoms with Gasteiger partial charge in [-0.05, 0) is 39.1 Å². The summed E-state index contributed by atoms with van der Waals surface area (Å²) in [7, 11) is 3.94. The molecule has 0 bridgehead atoms. The van der Waals surface area contributed by atoms with Crippen molar-refractivity contribution in [3.05, 3.63) is 18.2 Å². The van der Waals surface area contributed by atoms with E-state index in [1.807, 2.05) is 25.1 Å². The highest BCUT2D eigenvalue weighted by molar-refractivity contribution is 5.99. The fourth-order valence-electron chi connectivity index (χ4n) is 2.83. The Bertz CT molecular complexity index is 626. The van der Waals surface area contributed by atoms with E-state index >= 15 is 0 Å². The first-order chi connectivity index (χ1) is 11.5. The zero-order chi connectivity index (χ0) is 17.1. The van der Waals surface area contributed by atoms with Crippen LogP contribution in [0.2, 0.25) is 0 Å². The molecule has 1 unspecified atom stereocenters. The molecule has 3 rings (SSSR count). The lowest BCUT2D eigenvalue weighted by atomic mass is 10.2. The summed E-state index contributed by atoms with van der Waals surface area (Å²) in [5, 5.41) is 2.85. The van der Waals surface area contributed by atoms with Crippen molar-refractivity contribution in [2.45, 2.75) is 18.9 Å². The number of fused-ring (bicyclic) bond motifs is 1. The Morgan fingerprint density at radius 3 is 2.96 bits per heavy atom. The van der Waals surface area contributed by atoms with E-state index in [1.165, 1.54) is 0 Å². The molecule has 0 spiro atoms. The highest BCUT2D eigenvalue weighted by Gasteiger charge is 2.27. The van der Waals surface area contributed by atoms with Crippen LogP contribution in [0.1, 0.15) is 12.8 Å². The van der Waals surface area contributed by atoms with Gasteiger partial charge in [0.05, 0.1) is 5.69 Å². The number of carbonyl (C=O) groups excluding carboxylic acids is 2. The summed E-state index contributed by atoms with van der Waals surface area (Å²) in [6.07, 6.45) is 1.29. The van der Waals surface area contributed by atoms with Crippen LogP contribution in [0.3, 0.4) is 0 Å². The second-order valence-electron chi connectivity index (χ2n) is 6.31. The summed E-state index contributed by atoms with van der Waals surface area (Å²) in [5.74, 6) is 0.419. The van der Waals surface area contributed by atoms with E-state index in [9.17, 15) is 9.59 Å². The first kappa shape index (κ1) is 16.7. The molecule has 7 nitrogen and oxygen atoms in total. The number of nitrogens with one attached hydrogen (secondary N) is 1. The van der Waals surface area contributed by atoms with E-state index in [2.05, 4.69) is 5.32 Å². The van der Waals surface area contributed by atoms with Gasteiger partial charge in [-0.3, -0.25) is 9.59 Å². The summed E-state index contributed by atoms with van der Waals surface area (Å²) >= 11 is 0. The van der Waals surface area contributed by atoms with Gasteiger partial charge in [-0.1, -0.05) is 0 Å². The van der Waals surface area contributed by atoms with Crippen LogP contribution in [-0.4, -0.2) is 63.2 Å². The van der Waals surface area contributed by atoms with Crippen molar-refractivity contribution in [2.24, 2.45) is 0 Å². The number of hydrogen-bond donors (Lipinski definition) is 1. The third kappa shape index (κ3) is 3.68. The quantitative estimate of drug-likeness (QED) is 0.873. The lowest BCUT2D eigenvalue weighted by Gasteiger charge is -2.30. The third-order valence-corrected chi connectivity index (χ3v) is 4.16. The van der Waals surface area contributed by atoms with Gasteiger partial charge >= 0.3 is 0 Å². The molecule has 1 fully saturated rings. The van der Waals surface area contributed by atoms with Crippen molar-refractivity contribution < 1.29 is 19.1 Å². The van der Waals surface area contributed by atoms with E-state index in [-0.39, 0.29) is 24.5 Å². The average Bonchev–Trinajstić information content (AvgIpc) is 3.08. The number of benzene rings is 1. The van der Waals surface area contributed by atoms with Crippen LogP contribution in [0.25, 0.3) is 0 Å². The molecule has 1 aromatic carbocycles. The van der Waals surface area contributed by atoms with Gasteiger partial charge in [-0.15, -0.1) is 0 Å². The first-order valence-corrected chi connectivity index (χ1v) is 8.19. The number of ether oxygens (including phenoxy) is 2. The summed E-state index contributed by atoms with van der Waals surface area (Å²) in [5.41, 5.74) is 1.39. The molecule has 7 heteroatoms. The van der Waals surface area contributed by atoms with Crippen molar-refractivity contribution in [3.63, 3.8) is 0 Å². The van der Waals surface area contributed by atoms with E-state index in [0.29, 0.717) is 24.6 Å². The summed E-state index contributed by atoms with van der Waals surface area (Å²) in [6, 6.07) is 5.36. The zero-order valence-electron chi connectivity index (χ0n) is 14.1. The Labute approximate surface area is 141 Å². The molecule has 0 aromatic heterocycles. The first-order valence-electron chi connectivity index (χ1n) is 8.19. The van der Waals surface area contributed by atoms with Gasteiger partial charge in [0.1, 0.15) is 11.9 Å². The van der Waals surface area contributed by atoms with Crippen LogP contribution in [0, 0.1) is 0 Å². The Morgan fingerprint density at radius 2 is 2.25 bits per heavy atom. The van der Waals surface area contributed by atoms with Crippen molar-refractivity contribution in [2.75, 3.05) is 50.6 Å². The molecule has 24 heavy (non-hydrogen) atoms. The minimum Gasteiger partial charge on any atom is -0.481 e. The Balaban J connectivity index is 1.72. The molecule has 2 aliphatic heterocycles. The predicted molar refractivity (Wildman–Crippen MR) is 90.4 cm³/mol. The number of anilines is 2. The fourth-order valence-corrected chi connectivity index (χ4v) is 2.83. The largest absolute Gasteiger partial charge is 0.481 e. The Kier molecular flexibility index (Phi) is 5.01. The van der Waals surface area contributed by atoms with Gasteiger partial charge < -0.3 is 24.6 Å². The monoisotopic (exact) mass is 333 g/mol. The van der Waals surface area contributed by atoms with Crippen molar-refractivity contribution in [1.29, 1.82) is 0 Å². The highest BCUT2D eigenvalue weighted by atomic mass is 16.5. The molecule has 1 N–H and O–H groups in total. The number of rotatable bonds is 5. The second kappa shape index (κ2) is 7.19. The molecule has 0 aliphatic carbocycles. The minimum absolute atomic E-state index is 0.0174. The molecule has 0 radical (unpaired) electrons. The van der Waals surface area contributed by atoms with E-state index in [0.717, 1.165) is 25.1 Å². The molecule has 130 valence electrons. The molecule has 2 aliphatic rings. The maximum absolute atomic E-state index is 12.1.